The van der Waals surface area contributed by atoms with Gasteiger partial charge in [0.2, 0.25) is 0 Å². The zero-order chi connectivity index (χ0) is 11.4. The number of aromatic nitrogens is 2. The van der Waals surface area contributed by atoms with Gasteiger partial charge in [0.25, 0.3) is 5.91 Å². The van der Waals surface area contributed by atoms with Crippen molar-refractivity contribution in [3.8, 4) is 0 Å². The third kappa shape index (κ3) is 1.16. The Morgan fingerprint density at radius 2 is 2.12 bits per heavy atom. The highest BCUT2D eigenvalue weighted by Gasteiger charge is 2.35. The maximum Gasteiger partial charge on any atom is 0.254 e. The fraction of sp³-hybridized carbons (Fsp3) is 0.417. The maximum absolute atomic E-state index is 12.3. The Morgan fingerprint density at radius 1 is 1.29 bits per heavy atom. The van der Waals surface area contributed by atoms with Crippen LogP contribution in [0.3, 0.4) is 0 Å². The van der Waals surface area contributed by atoms with Gasteiger partial charge in [-0.3, -0.25) is 4.79 Å². The Balaban J connectivity index is 1.93. The number of carbonyl (C=O) groups excluding carboxylic acids is 1. The molecular weight excluding hydrogens is 218 g/mol. The number of rotatable bonds is 0. The number of hydrogen-bond donors (Lipinski definition) is 0. The van der Waals surface area contributed by atoms with E-state index in [0.29, 0.717) is 11.6 Å². The highest BCUT2D eigenvalue weighted by atomic mass is 16.6. The van der Waals surface area contributed by atoms with Crippen molar-refractivity contribution in [2.45, 2.75) is 25.3 Å². The first-order valence-corrected chi connectivity index (χ1v) is 5.89. The van der Waals surface area contributed by atoms with Crippen LogP contribution in [0.2, 0.25) is 0 Å². The first-order valence-electron chi connectivity index (χ1n) is 5.89. The summed E-state index contributed by atoms with van der Waals surface area (Å²) in [4.78, 5) is 14.3. The SMILES string of the molecule is O=C1c2cc3nonc3cc2CC2CCCN12. The average Bonchev–Trinajstić information content (AvgIpc) is 2.94. The van der Waals surface area contributed by atoms with E-state index in [2.05, 4.69) is 14.9 Å². The highest BCUT2D eigenvalue weighted by molar-refractivity contribution is 6.00. The van der Waals surface area contributed by atoms with Crippen molar-refractivity contribution in [3.63, 3.8) is 0 Å². The molecule has 5 nitrogen and oxygen atoms in total. The molecule has 0 saturated carbocycles. The third-order valence-corrected chi connectivity index (χ3v) is 3.80. The average molecular weight is 229 g/mol. The van der Waals surface area contributed by atoms with E-state index in [1.165, 1.54) is 0 Å². The fourth-order valence-electron chi connectivity index (χ4n) is 2.97. The second-order valence-corrected chi connectivity index (χ2v) is 4.76. The third-order valence-electron chi connectivity index (χ3n) is 3.80. The lowest BCUT2D eigenvalue weighted by atomic mass is 9.93. The molecule has 1 amide bonds. The van der Waals surface area contributed by atoms with Crippen molar-refractivity contribution in [3.05, 3.63) is 23.3 Å². The van der Waals surface area contributed by atoms with Crippen LogP contribution in [0.15, 0.2) is 16.8 Å². The van der Waals surface area contributed by atoms with E-state index in [4.69, 9.17) is 0 Å². The Hall–Kier alpha value is -1.91. The summed E-state index contributed by atoms with van der Waals surface area (Å²) in [6, 6.07) is 4.12. The second kappa shape index (κ2) is 3.06. The monoisotopic (exact) mass is 229 g/mol. The quantitative estimate of drug-likeness (QED) is 0.684. The molecule has 2 aliphatic heterocycles. The van der Waals surface area contributed by atoms with Crippen molar-refractivity contribution in [1.82, 2.24) is 15.2 Å². The Bertz CT molecular complexity index is 619. The van der Waals surface area contributed by atoms with Crippen molar-refractivity contribution >= 4 is 16.9 Å². The van der Waals surface area contributed by atoms with Gasteiger partial charge in [-0.2, -0.15) is 0 Å². The molecule has 1 unspecified atom stereocenters. The van der Waals surface area contributed by atoms with Crippen molar-refractivity contribution in [2.75, 3.05) is 6.54 Å². The van der Waals surface area contributed by atoms with Gasteiger partial charge in [-0.05, 0) is 47.3 Å². The van der Waals surface area contributed by atoms with Crippen LogP contribution in [0.25, 0.3) is 11.0 Å². The molecule has 17 heavy (non-hydrogen) atoms. The number of hydrogen-bond acceptors (Lipinski definition) is 4. The molecule has 1 aromatic heterocycles. The van der Waals surface area contributed by atoms with Gasteiger partial charge in [0, 0.05) is 18.2 Å². The first kappa shape index (κ1) is 9.15. The predicted molar refractivity (Wildman–Crippen MR) is 59.6 cm³/mol. The van der Waals surface area contributed by atoms with Crippen LogP contribution >= 0.6 is 0 Å². The molecule has 0 N–H and O–H groups in total. The minimum Gasteiger partial charge on any atom is -0.335 e. The van der Waals surface area contributed by atoms with Crippen LogP contribution in [-0.2, 0) is 6.42 Å². The van der Waals surface area contributed by atoms with Gasteiger partial charge in [-0.25, -0.2) is 4.63 Å². The number of carbonyl (C=O) groups is 1. The molecule has 0 aliphatic carbocycles. The molecule has 86 valence electrons. The van der Waals surface area contributed by atoms with Crippen LogP contribution in [0.1, 0.15) is 28.8 Å². The molecular formula is C12H11N3O2. The van der Waals surface area contributed by atoms with Gasteiger partial charge < -0.3 is 4.90 Å². The molecule has 2 aliphatic rings. The minimum atomic E-state index is 0.138. The van der Waals surface area contributed by atoms with Gasteiger partial charge in [-0.1, -0.05) is 0 Å². The zero-order valence-corrected chi connectivity index (χ0v) is 9.22. The highest BCUT2D eigenvalue weighted by Crippen LogP contribution is 2.31. The summed E-state index contributed by atoms with van der Waals surface area (Å²) in [5.74, 6) is 0.138. The summed E-state index contributed by atoms with van der Waals surface area (Å²) in [7, 11) is 0. The van der Waals surface area contributed by atoms with Crippen LogP contribution in [0.5, 0.6) is 0 Å². The molecule has 1 fully saturated rings. The van der Waals surface area contributed by atoms with Gasteiger partial charge >= 0.3 is 0 Å². The van der Waals surface area contributed by atoms with Gasteiger partial charge in [0.15, 0.2) is 0 Å². The molecule has 1 aromatic carbocycles. The summed E-state index contributed by atoms with van der Waals surface area (Å²) >= 11 is 0. The normalized spacial score (nSPS) is 22.9. The standard InChI is InChI=1S/C12H11N3O2/c16-12-9-6-11-10(13-17-14-11)5-7(9)4-8-2-1-3-15(8)12/h5-6,8H,1-4H2. The topological polar surface area (TPSA) is 59.2 Å². The zero-order valence-electron chi connectivity index (χ0n) is 9.22. The van der Waals surface area contributed by atoms with Crippen LogP contribution in [-0.4, -0.2) is 33.7 Å². The van der Waals surface area contributed by atoms with E-state index in [1.807, 2.05) is 11.0 Å². The van der Waals surface area contributed by atoms with Crippen molar-refractivity contribution < 1.29 is 9.42 Å². The van der Waals surface area contributed by atoms with E-state index < -0.39 is 0 Å². The fourth-order valence-corrected chi connectivity index (χ4v) is 2.97. The van der Waals surface area contributed by atoms with Crippen molar-refractivity contribution in [1.29, 1.82) is 0 Å². The molecule has 3 heterocycles. The minimum absolute atomic E-state index is 0.138. The molecule has 0 bridgehead atoms. The lowest BCUT2D eigenvalue weighted by Crippen LogP contribution is -2.41. The van der Waals surface area contributed by atoms with E-state index in [1.54, 1.807) is 6.07 Å². The number of benzene rings is 1. The van der Waals surface area contributed by atoms with E-state index >= 15 is 0 Å². The van der Waals surface area contributed by atoms with Crippen LogP contribution in [0.4, 0.5) is 0 Å². The summed E-state index contributed by atoms with van der Waals surface area (Å²) in [5.41, 5.74) is 3.26. The largest absolute Gasteiger partial charge is 0.335 e. The summed E-state index contributed by atoms with van der Waals surface area (Å²) in [6.07, 6.45) is 3.16. The lowest BCUT2D eigenvalue weighted by molar-refractivity contribution is 0.0715. The molecule has 5 heteroatoms. The van der Waals surface area contributed by atoms with Crippen molar-refractivity contribution in [2.24, 2.45) is 0 Å². The summed E-state index contributed by atoms with van der Waals surface area (Å²) < 4.78 is 4.69. The molecule has 0 radical (unpaired) electrons. The number of nitrogens with zero attached hydrogens (tertiary/aromatic N) is 3. The summed E-state index contributed by atoms with van der Waals surface area (Å²) in [5, 5.41) is 7.62. The molecule has 1 saturated heterocycles. The Labute approximate surface area is 97.3 Å². The molecule has 4 rings (SSSR count). The predicted octanol–water partition coefficient (Wildman–Crippen LogP) is 1.38. The Kier molecular flexibility index (Phi) is 1.65. The first-order chi connectivity index (χ1) is 8.33. The van der Waals surface area contributed by atoms with Crippen LogP contribution < -0.4 is 0 Å². The summed E-state index contributed by atoms with van der Waals surface area (Å²) in [6.45, 7) is 0.887. The Morgan fingerprint density at radius 3 is 3.00 bits per heavy atom. The van der Waals surface area contributed by atoms with Crippen LogP contribution in [0, 0.1) is 0 Å². The lowest BCUT2D eigenvalue weighted by Gasteiger charge is -2.30. The maximum atomic E-state index is 12.3. The smallest absolute Gasteiger partial charge is 0.254 e. The van der Waals surface area contributed by atoms with Gasteiger partial charge in [-0.15, -0.1) is 0 Å². The van der Waals surface area contributed by atoms with E-state index in [-0.39, 0.29) is 5.91 Å². The van der Waals surface area contributed by atoms with Gasteiger partial charge in [0.1, 0.15) is 11.0 Å². The van der Waals surface area contributed by atoms with E-state index in [9.17, 15) is 4.79 Å². The second-order valence-electron chi connectivity index (χ2n) is 4.76. The van der Waals surface area contributed by atoms with E-state index in [0.717, 1.165) is 42.5 Å². The number of fused-ring (bicyclic) bond motifs is 3. The van der Waals surface area contributed by atoms with Gasteiger partial charge in [0.05, 0.1) is 0 Å². The molecule has 0 spiro atoms. The molecule has 1 atom stereocenters. The molecule has 2 aromatic rings. The number of amides is 1.